The van der Waals surface area contributed by atoms with E-state index in [1.54, 1.807) is 0 Å². The predicted molar refractivity (Wildman–Crippen MR) is 85.3 cm³/mol. The summed E-state index contributed by atoms with van der Waals surface area (Å²) in [5, 5.41) is 2.94. The summed E-state index contributed by atoms with van der Waals surface area (Å²) >= 11 is 3.90. The summed E-state index contributed by atoms with van der Waals surface area (Å²) in [6.45, 7) is 5.49. The van der Waals surface area contributed by atoms with Crippen molar-refractivity contribution in [3.05, 3.63) is 34.9 Å². The number of hydrogen-bond acceptors (Lipinski definition) is 1. The van der Waals surface area contributed by atoms with Gasteiger partial charge in [0.25, 0.3) is 5.91 Å². The minimum atomic E-state index is 0.0819. The summed E-state index contributed by atoms with van der Waals surface area (Å²) in [5.41, 5.74) is 3.68. The van der Waals surface area contributed by atoms with Crippen LogP contribution in [0.25, 0.3) is 0 Å². The van der Waals surface area contributed by atoms with E-state index in [2.05, 4.69) is 53.3 Å². The summed E-state index contributed by atoms with van der Waals surface area (Å²) in [4.78, 5) is 12.3. The summed E-state index contributed by atoms with van der Waals surface area (Å²) in [6, 6.07) is 6.43. The quantitative estimate of drug-likeness (QED) is 0.805. The van der Waals surface area contributed by atoms with E-state index >= 15 is 0 Å². The lowest BCUT2D eigenvalue weighted by Gasteiger charge is -2.31. The lowest BCUT2D eigenvalue weighted by Crippen LogP contribution is -2.32. The molecule has 0 saturated heterocycles. The van der Waals surface area contributed by atoms with Crippen LogP contribution in [0.2, 0.25) is 0 Å². The number of nitrogens with one attached hydrogen (secondary N) is 1. The second-order valence-electron chi connectivity index (χ2n) is 6.81. The normalized spacial score (nSPS) is 25.9. The molecule has 1 aliphatic heterocycles. The maximum atomic E-state index is 12.0. The van der Waals surface area contributed by atoms with Crippen molar-refractivity contribution in [2.75, 3.05) is 6.54 Å². The predicted octanol–water partition coefficient (Wildman–Crippen LogP) is 4.23. The van der Waals surface area contributed by atoms with Crippen LogP contribution in [0.5, 0.6) is 0 Å². The number of rotatable bonds is 2. The minimum absolute atomic E-state index is 0.0819. The zero-order chi connectivity index (χ0) is 14.3. The lowest BCUT2D eigenvalue weighted by atomic mass is 9.78. The number of hydrogen-bond donors (Lipinski definition) is 1. The van der Waals surface area contributed by atoms with Crippen LogP contribution in [0.15, 0.2) is 18.2 Å². The Kier molecular flexibility index (Phi) is 3.65. The smallest absolute Gasteiger partial charge is 0.251 e. The van der Waals surface area contributed by atoms with Crippen molar-refractivity contribution in [1.82, 2.24) is 5.32 Å². The topological polar surface area (TPSA) is 29.1 Å². The molecule has 20 heavy (non-hydrogen) atoms. The number of amides is 1. The molecule has 0 aromatic heterocycles. The van der Waals surface area contributed by atoms with Crippen molar-refractivity contribution in [3.8, 4) is 0 Å². The molecule has 0 bridgehead atoms. The third kappa shape index (κ3) is 2.41. The fourth-order valence-corrected chi connectivity index (χ4v) is 4.99. The number of carbonyl (C=O) groups is 1. The first kappa shape index (κ1) is 14.1. The Balaban J connectivity index is 1.91. The van der Waals surface area contributed by atoms with Crippen LogP contribution in [-0.4, -0.2) is 12.5 Å². The van der Waals surface area contributed by atoms with Crippen molar-refractivity contribution in [1.29, 1.82) is 0 Å². The zero-order valence-electron chi connectivity index (χ0n) is 12.2. The van der Waals surface area contributed by atoms with E-state index in [1.165, 1.54) is 30.4 Å². The van der Waals surface area contributed by atoms with Gasteiger partial charge in [0.05, 0.1) is 0 Å². The second-order valence-corrected chi connectivity index (χ2v) is 7.80. The molecule has 2 nitrogen and oxygen atoms in total. The fraction of sp³-hybridized carbons (Fsp3) is 0.588. The number of benzene rings is 1. The van der Waals surface area contributed by atoms with Crippen molar-refractivity contribution in [3.63, 3.8) is 0 Å². The molecule has 1 aliphatic carbocycles. The van der Waals surface area contributed by atoms with E-state index in [0.29, 0.717) is 16.2 Å². The van der Waals surface area contributed by atoms with Crippen LogP contribution in [0.4, 0.5) is 0 Å². The summed E-state index contributed by atoms with van der Waals surface area (Å²) in [5.74, 6) is 0.727. The van der Waals surface area contributed by atoms with E-state index in [0.717, 1.165) is 18.5 Å². The number of fused-ring (bicyclic) bond motifs is 1. The van der Waals surface area contributed by atoms with Gasteiger partial charge in [-0.25, -0.2) is 0 Å². The Hall–Kier alpha value is -0.830. The van der Waals surface area contributed by atoms with Gasteiger partial charge in [-0.1, -0.05) is 48.3 Å². The average molecular weight is 336 g/mol. The number of halogens is 1. The van der Waals surface area contributed by atoms with Gasteiger partial charge in [-0.15, -0.1) is 0 Å². The molecule has 3 rings (SSSR count). The second kappa shape index (κ2) is 5.18. The Morgan fingerprint density at radius 3 is 2.90 bits per heavy atom. The number of carbonyl (C=O) groups excluding carboxylic acids is 1. The molecule has 1 fully saturated rings. The van der Waals surface area contributed by atoms with Crippen LogP contribution >= 0.6 is 15.9 Å². The fourth-order valence-electron chi connectivity index (χ4n) is 3.73. The highest BCUT2D eigenvalue weighted by atomic mass is 79.9. The molecule has 3 heteroatoms. The minimum Gasteiger partial charge on any atom is -0.352 e. The van der Waals surface area contributed by atoms with Gasteiger partial charge < -0.3 is 5.32 Å². The van der Waals surface area contributed by atoms with Crippen LogP contribution in [0.1, 0.15) is 59.4 Å². The van der Waals surface area contributed by atoms with Crippen molar-refractivity contribution in [2.45, 2.75) is 44.4 Å². The number of alkyl halides is 1. The first-order valence-electron chi connectivity index (χ1n) is 7.54. The standard InChI is InChI=1S/C17H22BrNO/c1-17(2)8-3-4-14(17)15(18)12-6-5-11-7-9-19-16(20)13(11)10-12/h5-6,10,14-15H,3-4,7-9H2,1-2H3,(H,19,20). The van der Waals surface area contributed by atoms with Gasteiger partial charge in [-0.2, -0.15) is 0 Å². The van der Waals surface area contributed by atoms with Crippen molar-refractivity contribution < 1.29 is 4.79 Å². The molecular formula is C17H22BrNO. The lowest BCUT2D eigenvalue weighted by molar-refractivity contribution is 0.0946. The molecule has 0 radical (unpaired) electrons. The maximum Gasteiger partial charge on any atom is 0.251 e. The van der Waals surface area contributed by atoms with E-state index < -0.39 is 0 Å². The molecule has 2 aliphatic rings. The van der Waals surface area contributed by atoms with E-state index in [9.17, 15) is 4.79 Å². The Morgan fingerprint density at radius 1 is 1.40 bits per heavy atom. The molecule has 1 aromatic carbocycles. The van der Waals surface area contributed by atoms with E-state index in [-0.39, 0.29) is 5.91 Å². The van der Waals surface area contributed by atoms with Gasteiger partial charge in [0, 0.05) is 16.9 Å². The highest BCUT2D eigenvalue weighted by Crippen LogP contribution is 2.52. The first-order chi connectivity index (χ1) is 9.49. The molecule has 2 unspecified atom stereocenters. The Labute approximate surface area is 129 Å². The van der Waals surface area contributed by atoms with Crippen molar-refractivity contribution in [2.24, 2.45) is 11.3 Å². The SMILES string of the molecule is CC1(C)CCCC1C(Br)c1ccc2c(c1)C(=O)NCC2. The van der Waals surface area contributed by atoms with Gasteiger partial charge in [0.15, 0.2) is 0 Å². The van der Waals surface area contributed by atoms with Gasteiger partial charge >= 0.3 is 0 Å². The van der Waals surface area contributed by atoms with Crippen LogP contribution in [-0.2, 0) is 6.42 Å². The highest BCUT2D eigenvalue weighted by molar-refractivity contribution is 9.09. The molecule has 1 amide bonds. The van der Waals surface area contributed by atoms with Crippen LogP contribution in [0.3, 0.4) is 0 Å². The van der Waals surface area contributed by atoms with Gasteiger partial charge in [0.1, 0.15) is 0 Å². The molecular weight excluding hydrogens is 314 g/mol. The average Bonchev–Trinajstić information content (AvgIpc) is 2.78. The molecule has 2 atom stereocenters. The van der Waals surface area contributed by atoms with E-state index in [4.69, 9.17) is 0 Å². The Morgan fingerprint density at radius 2 is 2.20 bits per heavy atom. The summed E-state index contributed by atoms with van der Waals surface area (Å²) in [6.07, 6.45) is 4.83. The largest absolute Gasteiger partial charge is 0.352 e. The van der Waals surface area contributed by atoms with Gasteiger partial charge in [-0.05, 0) is 47.8 Å². The Bertz CT molecular complexity index is 538. The maximum absolute atomic E-state index is 12.0. The highest BCUT2D eigenvalue weighted by Gasteiger charge is 2.39. The third-order valence-corrected chi connectivity index (χ3v) is 6.24. The van der Waals surface area contributed by atoms with Gasteiger partial charge in [-0.3, -0.25) is 4.79 Å². The third-order valence-electron chi connectivity index (χ3n) is 5.07. The first-order valence-corrected chi connectivity index (χ1v) is 8.46. The molecule has 1 aromatic rings. The van der Waals surface area contributed by atoms with Crippen molar-refractivity contribution >= 4 is 21.8 Å². The summed E-state index contributed by atoms with van der Waals surface area (Å²) < 4.78 is 0. The molecule has 0 spiro atoms. The summed E-state index contributed by atoms with van der Waals surface area (Å²) in [7, 11) is 0. The van der Waals surface area contributed by atoms with Crippen LogP contribution in [0, 0.1) is 11.3 Å². The molecule has 108 valence electrons. The molecule has 1 heterocycles. The van der Waals surface area contributed by atoms with E-state index in [1.807, 2.05) is 0 Å². The zero-order valence-corrected chi connectivity index (χ0v) is 13.8. The molecule has 1 saturated carbocycles. The monoisotopic (exact) mass is 335 g/mol. The van der Waals surface area contributed by atoms with Gasteiger partial charge in [0.2, 0.25) is 0 Å². The molecule has 1 N–H and O–H groups in total. The van der Waals surface area contributed by atoms with Crippen LogP contribution < -0.4 is 5.32 Å².